The van der Waals surface area contributed by atoms with Crippen molar-refractivity contribution >= 4 is 73.2 Å². The van der Waals surface area contributed by atoms with E-state index in [0.29, 0.717) is 11.5 Å². The molecule has 2 atom stereocenters. The summed E-state index contributed by atoms with van der Waals surface area (Å²) in [5.41, 5.74) is 5.52. The molecule has 0 aliphatic heterocycles. The Morgan fingerprint density at radius 1 is 0.952 bits per heavy atom. The third-order valence-electron chi connectivity index (χ3n) is 2.08. The summed E-state index contributed by atoms with van der Waals surface area (Å²) in [4.78, 5) is 20.1. The third kappa shape index (κ3) is 14.1. The number of hydrogen-bond donors (Lipinski definition) is 4. The molecular formula is C10H20CaN2O6S2. The third-order valence-corrected chi connectivity index (χ3v) is 3.31. The Bertz CT molecular complexity index is 288. The molecule has 0 bridgehead atoms. The van der Waals surface area contributed by atoms with E-state index < -0.39 is 23.4 Å². The van der Waals surface area contributed by atoms with E-state index in [9.17, 15) is 19.8 Å². The van der Waals surface area contributed by atoms with Crippen LogP contribution in [-0.4, -0.2) is 95.4 Å². The summed E-state index contributed by atoms with van der Waals surface area (Å²) in [7, 11) is 0. The smallest absolute Gasteiger partial charge is 0.546 e. The van der Waals surface area contributed by atoms with Crippen molar-refractivity contribution in [2.24, 2.45) is 11.5 Å². The SMILES string of the molecule is CSCC[C@@](N)(O)C(=O)[O-].CSCC[C@@](N)(O)C(=O)[O-].[Ca+2]. The van der Waals surface area contributed by atoms with Crippen LogP contribution in [0.15, 0.2) is 0 Å². The standard InChI is InChI=1S/2C5H11NO3S.Ca/c2*1-10-3-2-5(6,9)4(7)8;/h2*9H,2-3,6H2,1H3,(H,7,8);/q;;+2/p-2/t2*5-;/m11./s1. The first-order valence-corrected chi connectivity index (χ1v) is 8.23. The predicted molar refractivity (Wildman–Crippen MR) is 80.0 cm³/mol. The van der Waals surface area contributed by atoms with Gasteiger partial charge in [0.2, 0.25) is 0 Å². The molecule has 0 heterocycles. The van der Waals surface area contributed by atoms with Gasteiger partial charge in [0, 0.05) is 12.8 Å². The number of aliphatic carboxylic acids is 2. The van der Waals surface area contributed by atoms with Gasteiger partial charge in [-0.15, -0.1) is 0 Å². The zero-order chi connectivity index (χ0) is 16.4. The molecule has 0 aromatic heterocycles. The van der Waals surface area contributed by atoms with Crippen LogP contribution in [0.3, 0.4) is 0 Å². The van der Waals surface area contributed by atoms with Crippen molar-refractivity contribution < 1.29 is 30.0 Å². The fraction of sp³-hybridized carbons (Fsp3) is 0.800. The molecule has 0 aliphatic rings. The number of carboxylic acid groups (broad SMARTS) is 2. The van der Waals surface area contributed by atoms with E-state index >= 15 is 0 Å². The van der Waals surface area contributed by atoms with Crippen LogP contribution < -0.4 is 21.7 Å². The molecule has 0 spiro atoms. The van der Waals surface area contributed by atoms with E-state index in [1.807, 2.05) is 0 Å². The van der Waals surface area contributed by atoms with Crippen LogP contribution in [0.5, 0.6) is 0 Å². The predicted octanol–water partition coefficient (Wildman–Crippen LogP) is -4.11. The Morgan fingerprint density at radius 2 is 1.19 bits per heavy atom. The second-order valence-corrected chi connectivity index (χ2v) is 5.88. The van der Waals surface area contributed by atoms with Crippen LogP contribution in [0.2, 0.25) is 0 Å². The Balaban J connectivity index is -0.000000295. The van der Waals surface area contributed by atoms with Gasteiger partial charge in [-0.3, -0.25) is 11.5 Å². The van der Waals surface area contributed by atoms with Gasteiger partial charge < -0.3 is 30.0 Å². The minimum Gasteiger partial charge on any atom is -0.546 e. The van der Waals surface area contributed by atoms with Crippen LogP contribution in [0.4, 0.5) is 0 Å². The Kier molecular flexibility index (Phi) is 16.7. The maximum atomic E-state index is 10.0. The Labute approximate surface area is 162 Å². The summed E-state index contributed by atoms with van der Waals surface area (Å²) < 4.78 is 0. The summed E-state index contributed by atoms with van der Waals surface area (Å²) in [6.45, 7) is 0. The van der Waals surface area contributed by atoms with E-state index in [-0.39, 0.29) is 50.6 Å². The van der Waals surface area contributed by atoms with Gasteiger partial charge in [0.1, 0.15) is 0 Å². The average Bonchev–Trinajstić information content (AvgIpc) is 2.34. The van der Waals surface area contributed by atoms with E-state index in [1.165, 1.54) is 23.5 Å². The normalized spacial score (nSPS) is 15.5. The molecule has 21 heavy (non-hydrogen) atoms. The van der Waals surface area contributed by atoms with Crippen LogP contribution in [0.25, 0.3) is 0 Å². The maximum Gasteiger partial charge on any atom is 2.00 e. The molecule has 0 unspecified atom stereocenters. The molecule has 120 valence electrons. The molecule has 0 fully saturated rings. The molecular weight excluding hydrogens is 348 g/mol. The van der Waals surface area contributed by atoms with Crippen molar-refractivity contribution in [3.8, 4) is 0 Å². The van der Waals surface area contributed by atoms with Gasteiger partial charge in [0.15, 0.2) is 11.4 Å². The first kappa shape index (κ1) is 26.6. The first-order valence-electron chi connectivity index (χ1n) is 5.44. The number of aliphatic hydroxyl groups is 2. The van der Waals surface area contributed by atoms with Crippen molar-refractivity contribution in [1.82, 2.24) is 0 Å². The van der Waals surface area contributed by atoms with Crippen molar-refractivity contribution in [2.45, 2.75) is 24.3 Å². The number of rotatable bonds is 8. The van der Waals surface area contributed by atoms with Crippen molar-refractivity contribution in [1.29, 1.82) is 0 Å². The zero-order valence-electron chi connectivity index (χ0n) is 12.0. The van der Waals surface area contributed by atoms with Crippen LogP contribution in [0.1, 0.15) is 12.8 Å². The van der Waals surface area contributed by atoms with Gasteiger partial charge in [0.05, 0.1) is 11.9 Å². The topological polar surface area (TPSA) is 173 Å². The number of carbonyl (C=O) groups excluding carboxylic acids is 2. The van der Waals surface area contributed by atoms with Crippen LogP contribution >= 0.6 is 23.5 Å². The number of carbonyl (C=O) groups is 2. The largest absolute Gasteiger partial charge is 2.00 e. The molecule has 0 saturated heterocycles. The van der Waals surface area contributed by atoms with Gasteiger partial charge in [-0.25, -0.2) is 0 Å². The zero-order valence-corrected chi connectivity index (χ0v) is 15.9. The summed E-state index contributed by atoms with van der Waals surface area (Å²) in [5.74, 6) is -2.25. The second-order valence-electron chi connectivity index (χ2n) is 3.91. The molecule has 0 aliphatic carbocycles. The Morgan fingerprint density at radius 3 is 1.33 bits per heavy atom. The molecule has 0 rings (SSSR count). The van der Waals surface area contributed by atoms with Crippen LogP contribution in [0, 0.1) is 0 Å². The second kappa shape index (κ2) is 13.2. The maximum absolute atomic E-state index is 10.0. The van der Waals surface area contributed by atoms with Gasteiger partial charge in [-0.1, -0.05) is 0 Å². The summed E-state index contributed by atoms with van der Waals surface area (Å²) in [6.07, 6.45) is 3.61. The number of nitrogens with two attached hydrogens (primary N) is 2. The Hall–Kier alpha value is 0.740. The number of carboxylic acids is 2. The quantitative estimate of drug-likeness (QED) is 0.243. The molecule has 0 aromatic rings. The minimum atomic E-state index is -2.16. The van der Waals surface area contributed by atoms with Crippen molar-refractivity contribution in [3.05, 3.63) is 0 Å². The summed E-state index contributed by atoms with van der Waals surface area (Å²) in [6, 6.07) is 0. The van der Waals surface area contributed by atoms with Crippen molar-refractivity contribution in [2.75, 3.05) is 24.0 Å². The van der Waals surface area contributed by atoms with Crippen LogP contribution in [-0.2, 0) is 9.59 Å². The van der Waals surface area contributed by atoms with Gasteiger partial charge >= 0.3 is 37.7 Å². The summed E-state index contributed by atoms with van der Waals surface area (Å²) >= 11 is 2.83. The van der Waals surface area contributed by atoms with E-state index in [1.54, 1.807) is 12.5 Å². The minimum absolute atomic E-state index is 0. The van der Waals surface area contributed by atoms with E-state index in [4.69, 9.17) is 21.7 Å². The van der Waals surface area contributed by atoms with Crippen molar-refractivity contribution in [3.63, 3.8) is 0 Å². The van der Waals surface area contributed by atoms with Gasteiger partial charge in [0.25, 0.3) is 0 Å². The van der Waals surface area contributed by atoms with E-state index in [2.05, 4.69) is 0 Å². The fourth-order valence-corrected chi connectivity index (χ4v) is 1.75. The first-order chi connectivity index (χ1) is 9.01. The molecule has 6 N–H and O–H groups in total. The monoisotopic (exact) mass is 368 g/mol. The fourth-order valence-electron chi connectivity index (χ4n) is 0.719. The average molecular weight is 368 g/mol. The molecule has 8 nitrogen and oxygen atoms in total. The molecule has 0 saturated carbocycles. The molecule has 0 radical (unpaired) electrons. The van der Waals surface area contributed by atoms with Gasteiger partial charge in [-0.2, -0.15) is 23.5 Å². The molecule has 11 heteroatoms. The number of hydrogen-bond acceptors (Lipinski definition) is 10. The molecule has 0 amide bonds. The summed E-state index contributed by atoms with van der Waals surface area (Å²) in [5, 5.41) is 37.7. The van der Waals surface area contributed by atoms with E-state index in [0.717, 1.165) is 0 Å². The number of thioether (sulfide) groups is 2. The van der Waals surface area contributed by atoms with Gasteiger partial charge in [-0.05, 0) is 24.0 Å². The molecule has 0 aromatic carbocycles.